The van der Waals surface area contributed by atoms with Crippen LogP contribution in [0.2, 0.25) is 0 Å². The van der Waals surface area contributed by atoms with E-state index in [-0.39, 0.29) is 11.8 Å². The average Bonchev–Trinajstić information content (AvgIpc) is 2.67. The summed E-state index contributed by atoms with van der Waals surface area (Å²) in [5.74, 6) is 1.70. The standard InChI is InChI=1S/C13H19N3O2S2/c1-8-7-19-13-11(8)12(15-10(3)16-13)14-9(2)5-6-20(4,17)18/h7,9H,5-6H2,1-4H3,(H,14,15,16). The molecule has 1 atom stereocenters. The zero-order chi connectivity index (χ0) is 14.9. The number of sulfone groups is 1. The molecule has 2 rings (SSSR count). The zero-order valence-electron chi connectivity index (χ0n) is 12.1. The van der Waals surface area contributed by atoms with Gasteiger partial charge in [-0.05, 0) is 38.1 Å². The van der Waals surface area contributed by atoms with E-state index in [0.29, 0.717) is 6.42 Å². The molecule has 0 saturated carbocycles. The summed E-state index contributed by atoms with van der Waals surface area (Å²) in [7, 11) is -2.93. The van der Waals surface area contributed by atoms with E-state index in [4.69, 9.17) is 0 Å². The summed E-state index contributed by atoms with van der Waals surface area (Å²) in [6, 6.07) is 0.0431. The van der Waals surface area contributed by atoms with Gasteiger partial charge < -0.3 is 5.32 Å². The van der Waals surface area contributed by atoms with E-state index < -0.39 is 9.84 Å². The lowest BCUT2D eigenvalue weighted by Crippen LogP contribution is -2.20. The number of nitrogens with zero attached hydrogens (tertiary/aromatic N) is 2. The largest absolute Gasteiger partial charge is 0.367 e. The fourth-order valence-corrected chi connectivity index (χ4v) is 3.74. The van der Waals surface area contributed by atoms with Gasteiger partial charge in [-0.15, -0.1) is 11.3 Å². The van der Waals surface area contributed by atoms with Gasteiger partial charge in [0.05, 0.1) is 11.1 Å². The van der Waals surface area contributed by atoms with E-state index in [9.17, 15) is 8.42 Å². The Morgan fingerprint density at radius 1 is 1.35 bits per heavy atom. The summed E-state index contributed by atoms with van der Waals surface area (Å²) < 4.78 is 22.4. The van der Waals surface area contributed by atoms with Gasteiger partial charge in [-0.3, -0.25) is 0 Å². The van der Waals surface area contributed by atoms with Crippen molar-refractivity contribution in [3.05, 3.63) is 16.8 Å². The lowest BCUT2D eigenvalue weighted by Gasteiger charge is -2.15. The monoisotopic (exact) mass is 313 g/mol. The Bertz CT molecular complexity index is 723. The fraction of sp³-hybridized carbons (Fsp3) is 0.538. The highest BCUT2D eigenvalue weighted by atomic mass is 32.2. The first-order valence-electron chi connectivity index (χ1n) is 6.43. The molecule has 110 valence electrons. The van der Waals surface area contributed by atoms with Crippen molar-refractivity contribution in [1.29, 1.82) is 0 Å². The molecule has 0 saturated heterocycles. The molecule has 5 nitrogen and oxygen atoms in total. The van der Waals surface area contributed by atoms with Crippen LogP contribution >= 0.6 is 11.3 Å². The number of hydrogen-bond donors (Lipinski definition) is 1. The maximum absolute atomic E-state index is 11.2. The molecule has 2 aromatic heterocycles. The highest BCUT2D eigenvalue weighted by Crippen LogP contribution is 2.29. The van der Waals surface area contributed by atoms with E-state index in [2.05, 4.69) is 20.7 Å². The van der Waals surface area contributed by atoms with Crippen LogP contribution in [-0.2, 0) is 9.84 Å². The van der Waals surface area contributed by atoms with Crippen LogP contribution in [-0.4, -0.2) is 36.4 Å². The Morgan fingerprint density at radius 3 is 2.70 bits per heavy atom. The van der Waals surface area contributed by atoms with Gasteiger partial charge >= 0.3 is 0 Å². The SMILES string of the molecule is Cc1nc(NC(C)CCS(C)(=O)=O)c2c(C)csc2n1. The molecule has 0 bridgehead atoms. The Balaban J connectivity index is 2.22. The van der Waals surface area contributed by atoms with E-state index in [1.807, 2.05) is 20.8 Å². The van der Waals surface area contributed by atoms with Gasteiger partial charge in [0, 0.05) is 12.3 Å². The number of aryl methyl sites for hydroxylation is 2. The van der Waals surface area contributed by atoms with E-state index in [0.717, 1.165) is 27.4 Å². The van der Waals surface area contributed by atoms with Gasteiger partial charge in [-0.1, -0.05) is 0 Å². The lowest BCUT2D eigenvalue weighted by molar-refractivity contribution is 0.595. The molecule has 0 radical (unpaired) electrons. The highest BCUT2D eigenvalue weighted by molar-refractivity contribution is 7.90. The minimum Gasteiger partial charge on any atom is -0.367 e. The normalized spacial score (nSPS) is 13.6. The third-order valence-corrected chi connectivity index (χ3v) is 5.00. The lowest BCUT2D eigenvalue weighted by atomic mass is 10.2. The minimum absolute atomic E-state index is 0.0431. The van der Waals surface area contributed by atoms with Crippen LogP contribution in [0.1, 0.15) is 24.7 Å². The zero-order valence-corrected chi connectivity index (χ0v) is 13.7. The van der Waals surface area contributed by atoms with Crippen LogP contribution in [0, 0.1) is 13.8 Å². The first-order valence-corrected chi connectivity index (χ1v) is 9.37. The molecular weight excluding hydrogens is 294 g/mol. The predicted molar refractivity (Wildman–Crippen MR) is 84.3 cm³/mol. The first-order chi connectivity index (χ1) is 9.26. The Labute approximate surface area is 123 Å². The summed E-state index contributed by atoms with van der Waals surface area (Å²) in [4.78, 5) is 9.84. The van der Waals surface area contributed by atoms with Crippen molar-refractivity contribution in [2.24, 2.45) is 0 Å². The van der Waals surface area contributed by atoms with Crippen LogP contribution in [0.5, 0.6) is 0 Å². The molecule has 7 heteroatoms. The smallest absolute Gasteiger partial charge is 0.147 e. The van der Waals surface area contributed by atoms with Gasteiger partial charge in [0.25, 0.3) is 0 Å². The highest BCUT2D eigenvalue weighted by Gasteiger charge is 2.13. The molecule has 0 aromatic carbocycles. The number of fused-ring (bicyclic) bond motifs is 1. The molecule has 1 N–H and O–H groups in total. The predicted octanol–water partition coefficient (Wildman–Crippen LogP) is 2.54. The van der Waals surface area contributed by atoms with Gasteiger partial charge in [0.2, 0.25) is 0 Å². The molecule has 0 spiro atoms. The number of nitrogens with one attached hydrogen (secondary N) is 1. The van der Waals surface area contributed by atoms with Crippen LogP contribution in [0.4, 0.5) is 5.82 Å². The van der Waals surface area contributed by atoms with Crippen molar-refractivity contribution in [2.75, 3.05) is 17.3 Å². The Morgan fingerprint density at radius 2 is 2.05 bits per heavy atom. The van der Waals surface area contributed by atoms with Gasteiger partial charge in [0.15, 0.2) is 0 Å². The third-order valence-electron chi connectivity index (χ3n) is 3.03. The topological polar surface area (TPSA) is 72.0 Å². The van der Waals surface area contributed by atoms with Crippen molar-refractivity contribution in [1.82, 2.24) is 9.97 Å². The van der Waals surface area contributed by atoms with Gasteiger partial charge in [-0.25, -0.2) is 18.4 Å². The number of rotatable bonds is 5. The maximum Gasteiger partial charge on any atom is 0.147 e. The molecule has 1 unspecified atom stereocenters. The van der Waals surface area contributed by atoms with Crippen LogP contribution < -0.4 is 5.32 Å². The maximum atomic E-state index is 11.2. The van der Waals surface area contributed by atoms with Gasteiger partial charge in [0.1, 0.15) is 26.3 Å². The minimum atomic E-state index is -2.93. The van der Waals surface area contributed by atoms with E-state index in [1.54, 1.807) is 11.3 Å². The summed E-state index contributed by atoms with van der Waals surface area (Å²) >= 11 is 1.60. The second-order valence-corrected chi connectivity index (χ2v) is 8.30. The molecule has 0 aliphatic carbocycles. The third kappa shape index (κ3) is 3.67. The molecule has 0 aliphatic rings. The molecule has 2 heterocycles. The van der Waals surface area contributed by atoms with E-state index in [1.165, 1.54) is 6.26 Å². The molecule has 2 aromatic rings. The van der Waals surface area contributed by atoms with Crippen molar-refractivity contribution in [2.45, 2.75) is 33.2 Å². The summed E-state index contributed by atoms with van der Waals surface area (Å²) in [6.07, 6.45) is 1.82. The molecule has 20 heavy (non-hydrogen) atoms. The molecular formula is C13H19N3O2S2. The quantitative estimate of drug-likeness (QED) is 0.918. The number of hydrogen-bond acceptors (Lipinski definition) is 6. The first kappa shape index (κ1) is 15.2. The average molecular weight is 313 g/mol. The number of aromatic nitrogens is 2. The summed E-state index contributed by atoms with van der Waals surface area (Å²) in [5.41, 5.74) is 1.14. The molecule has 0 amide bonds. The van der Waals surface area contributed by atoms with Crippen molar-refractivity contribution < 1.29 is 8.42 Å². The van der Waals surface area contributed by atoms with Crippen molar-refractivity contribution in [3.63, 3.8) is 0 Å². The van der Waals surface area contributed by atoms with Crippen molar-refractivity contribution >= 4 is 37.2 Å². The van der Waals surface area contributed by atoms with E-state index >= 15 is 0 Å². The fourth-order valence-electron chi connectivity index (χ4n) is 1.99. The summed E-state index contributed by atoms with van der Waals surface area (Å²) in [6.45, 7) is 5.86. The van der Waals surface area contributed by atoms with Crippen LogP contribution in [0.15, 0.2) is 5.38 Å². The van der Waals surface area contributed by atoms with Crippen molar-refractivity contribution in [3.8, 4) is 0 Å². The Hall–Kier alpha value is -1.21. The number of anilines is 1. The summed E-state index contributed by atoms with van der Waals surface area (Å²) in [5, 5.41) is 6.41. The van der Waals surface area contributed by atoms with Crippen LogP contribution in [0.25, 0.3) is 10.2 Å². The van der Waals surface area contributed by atoms with Crippen LogP contribution in [0.3, 0.4) is 0 Å². The Kier molecular flexibility index (Phi) is 4.29. The van der Waals surface area contributed by atoms with Gasteiger partial charge in [-0.2, -0.15) is 0 Å². The second-order valence-electron chi connectivity index (χ2n) is 5.18. The second kappa shape index (κ2) is 5.65. The number of thiophene rings is 1. The molecule has 0 aliphatic heterocycles. The molecule has 0 fully saturated rings.